The monoisotopic (exact) mass is 324 g/mol. The summed E-state index contributed by atoms with van der Waals surface area (Å²) in [4.78, 5) is 19.7. The Morgan fingerprint density at radius 1 is 1.09 bits per heavy atom. The van der Waals surface area contributed by atoms with Crippen LogP contribution in [-0.2, 0) is 4.84 Å². The highest BCUT2D eigenvalue weighted by molar-refractivity contribution is 5.95. The minimum absolute atomic E-state index is 0.356. The third kappa shape index (κ3) is 4.49. The Bertz CT molecular complexity index is 504. The Morgan fingerprint density at radius 3 is 2.22 bits per heavy atom. The van der Waals surface area contributed by atoms with Crippen molar-refractivity contribution in [3.63, 3.8) is 0 Å². The van der Waals surface area contributed by atoms with Crippen LogP contribution in [0.3, 0.4) is 0 Å². The number of nitrogens with one attached hydrogen (secondary N) is 1. The maximum atomic E-state index is 12.2. The van der Waals surface area contributed by atoms with Crippen molar-refractivity contribution >= 4 is 5.91 Å². The van der Waals surface area contributed by atoms with E-state index in [1.54, 1.807) is 12.1 Å². The van der Waals surface area contributed by atoms with Gasteiger partial charge in [0.25, 0.3) is 5.91 Å². The molecular weight excluding hydrogens is 300 g/mol. The maximum absolute atomic E-state index is 12.2. The molecule has 0 atom stereocenters. The number of ether oxygens (including phenoxy) is 3. The van der Waals surface area contributed by atoms with Crippen molar-refractivity contribution in [2.24, 2.45) is 0 Å². The second-order valence-corrected chi connectivity index (χ2v) is 5.24. The highest BCUT2D eigenvalue weighted by atomic mass is 16.7. The van der Waals surface area contributed by atoms with Crippen molar-refractivity contribution in [3.8, 4) is 17.2 Å². The van der Waals surface area contributed by atoms with Gasteiger partial charge < -0.3 is 19.1 Å². The fraction of sp³-hybridized carbons (Fsp3) is 0.562. The van der Waals surface area contributed by atoms with Crippen LogP contribution in [0.25, 0.3) is 0 Å². The van der Waals surface area contributed by atoms with Crippen molar-refractivity contribution in [2.75, 3.05) is 47.6 Å². The molecule has 7 heteroatoms. The molecule has 1 N–H and O–H groups in total. The van der Waals surface area contributed by atoms with Gasteiger partial charge in [-0.05, 0) is 38.1 Å². The van der Waals surface area contributed by atoms with Gasteiger partial charge in [-0.25, -0.2) is 5.48 Å². The van der Waals surface area contributed by atoms with Gasteiger partial charge in [-0.2, -0.15) is 0 Å². The molecule has 0 bridgehead atoms. The van der Waals surface area contributed by atoms with Crippen LogP contribution in [0.15, 0.2) is 12.1 Å². The zero-order valence-electron chi connectivity index (χ0n) is 13.9. The molecule has 1 amide bonds. The van der Waals surface area contributed by atoms with Crippen molar-refractivity contribution < 1.29 is 23.8 Å². The number of benzene rings is 1. The maximum Gasteiger partial charge on any atom is 0.275 e. The van der Waals surface area contributed by atoms with E-state index in [0.717, 1.165) is 19.6 Å². The van der Waals surface area contributed by atoms with Crippen LogP contribution < -0.4 is 19.7 Å². The Labute approximate surface area is 136 Å². The summed E-state index contributed by atoms with van der Waals surface area (Å²) in [6.45, 7) is 3.47. The highest BCUT2D eigenvalue weighted by Crippen LogP contribution is 2.38. The van der Waals surface area contributed by atoms with Gasteiger partial charge in [0.15, 0.2) is 11.5 Å². The lowest BCUT2D eigenvalue weighted by molar-refractivity contribution is 0.0243. The number of nitrogens with zero attached hydrogens (tertiary/aromatic N) is 1. The average molecular weight is 324 g/mol. The minimum Gasteiger partial charge on any atom is -0.493 e. The zero-order chi connectivity index (χ0) is 16.7. The van der Waals surface area contributed by atoms with Gasteiger partial charge in [-0.15, -0.1) is 0 Å². The smallest absolute Gasteiger partial charge is 0.275 e. The van der Waals surface area contributed by atoms with E-state index in [-0.39, 0.29) is 5.91 Å². The number of carbonyl (C=O) groups excluding carboxylic acids is 1. The van der Waals surface area contributed by atoms with E-state index in [1.807, 2.05) is 0 Å². The van der Waals surface area contributed by atoms with Crippen LogP contribution in [0.4, 0.5) is 0 Å². The molecular formula is C16H24N2O5. The molecule has 0 spiro atoms. The largest absolute Gasteiger partial charge is 0.493 e. The van der Waals surface area contributed by atoms with E-state index >= 15 is 0 Å². The molecule has 7 nitrogen and oxygen atoms in total. The van der Waals surface area contributed by atoms with Gasteiger partial charge in [0, 0.05) is 12.1 Å². The molecule has 0 aromatic heterocycles. The molecule has 0 saturated carbocycles. The lowest BCUT2D eigenvalue weighted by atomic mass is 10.1. The normalized spacial score (nSPS) is 14.6. The lowest BCUT2D eigenvalue weighted by Gasteiger charge is -2.15. The summed E-state index contributed by atoms with van der Waals surface area (Å²) in [6.07, 6.45) is 2.47. The summed E-state index contributed by atoms with van der Waals surface area (Å²) in [5, 5.41) is 0. The number of hydrogen-bond acceptors (Lipinski definition) is 6. The zero-order valence-corrected chi connectivity index (χ0v) is 13.9. The van der Waals surface area contributed by atoms with Crippen molar-refractivity contribution in [1.29, 1.82) is 0 Å². The number of hydrogen-bond donors (Lipinski definition) is 1. The van der Waals surface area contributed by atoms with Gasteiger partial charge in [-0.3, -0.25) is 9.63 Å². The molecule has 128 valence electrons. The topological polar surface area (TPSA) is 69.3 Å². The number of likely N-dealkylation sites (tertiary alicyclic amines) is 1. The van der Waals surface area contributed by atoms with Gasteiger partial charge >= 0.3 is 0 Å². The van der Waals surface area contributed by atoms with E-state index in [1.165, 1.54) is 34.2 Å². The molecule has 23 heavy (non-hydrogen) atoms. The average Bonchev–Trinajstić information content (AvgIpc) is 3.10. The third-order valence-corrected chi connectivity index (χ3v) is 3.80. The number of amides is 1. The molecule has 1 aliphatic heterocycles. The number of methoxy groups -OCH3 is 3. The van der Waals surface area contributed by atoms with Crippen LogP contribution in [0.2, 0.25) is 0 Å². The second kappa shape index (κ2) is 8.59. The molecule has 1 saturated heterocycles. The first-order valence-electron chi connectivity index (χ1n) is 7.64. The van der Waals surface area contributed by atoms with Gasteiger partial charge in [-0.1, -0.05) is 0 Å². The minimum atomic E-state index is -0.356. The first-order valence-corrected chi connectivity index (χ1v) is 7.64. The summed E-state index contributed by atoms with van der Waals surface area (Å²) < 4.78 is 15.7. The highest BCUT2D eigenvalue weighted by Gasteiger charge is 2.17. The Hall–Kier alpha value is -1.99. The fourth-order valence-electron chi connectivity index (χ4n) is 2.57. The van der Waals surface area contributed by atoms with Crippen LogP contribution >= 0.6 is 0 Å². The van der Waals surface area contributed by atoms with Crippen molar-refractivity contribution in [2.45, 2.75) is 12.8 Å². The van der Waals surface area contributed by atoms with Crippen molar-refractivity contribution in [3.05, 3.63) is 17.7 Å². The molecule has 1 aliphatic rings. The van der Waals surface area contributed by atoms with Crippen LogP contribution in [-0.4, -0.2) is 58.4 Å². The summed E-state index contributed by atoms with van der Waals surface area (Å²) in [7, 11) is 4.53. The molecule has 0 radical (unpaired) electrons. The summed E-state index contributed by atoms with van der Waals surface area (Å²) in [5.41, 5.74) is 2.82. The molecule has 1 aromatic rings. The van der Waals surface area contributed by atoms with E-state index in [9.17, 15) is 4.79 Å². The van der Waals surface area contributed by atoms with Gasteiger partial charge in [0.1, 0.15) is 0 Å². The molecule has 1 fully saturated rings. The van der Waals surface area contributed by atoms with E-state index in [0.29, 0.717) is 29.4 Å². The third-order valence-electron chi connectivity index (χ3n) is 3.80. The van der Waals surface area contributed by atoms with Crippen LogP contribution in [0, 0.1) is 0 Å². The Morgan fingerprint density at radius 2 is 1.70 bits per heavy atom. The summed E-state index contributed by atoms with van der Waals surface area (Å²) >= 11 is 0. The quantitative estimate of drug-likeness (QED) is 0.577. The molecule has 1 heterocycles. The lowest BCUT2D eigenvalue weighted by Crippen LogP contribution is -2.30. The second-order valence-electron chi connectivity index (χ2n) is 5.24. The molecule has 0 aliphatic carbocycles. The number of hydroxylamine groups is 1. The van der Waals surface area contributed by atoms with Gasteiger partial charge in [0.2, 0.25) is 5.75 Å². The SMILES string of the molecule is COc1cc(C(=O)NOCCN2CCCC2)cc(OC)c1OC. The summed E-state index contributed by atoms with van der Waals surface area (Å²) in [5.74, 6) is 0.940. The summed E-state index contributed by atoms with van der Waals surface area (Å²) in [6, 6.07) is 3.17. The predicted octanol–water partition coefficient (Wildman–Crippen LogP) is 1.47. The molecule has 2 rings (SSSR count). The number of rotatable bonds is 8. The van der Waals surface area contributed by atoms with E-state index in [2.05, 4.69) is 10.4 Å². The predicted molar refractivity (Wildman–Crippen MR) is 85.2 cm³/mol. The van der Waals surface area contributed by atoms with Gasteiger partial charge in [0.05, 0.1) is 27.9 Å². The Balaban J connectivity index is 1.92. The standard InChI is InChI=1S/C16H24N2O5/c1-20-13-10-12(11-14(21-2)15(13)22-3)16(19)17-23-9-8-18-6-4-5-7-18/h10-11H,4-9H2,1-3H3,(H,17,19). The van der Waals surface area contributed by atoms with E-state index < -0.39 is 0 Å². The Kier molecular flexibility index (Phi) is 6.49. The first kappa shape index (κ1) is 17.4. The van der Waals surface area contributed by atoms with E-state index in [4.69, 9.17) is 19.0 Å². The van der Waals surface area contributed by atoms with Crippen molar-refractivity contribution in [1.82, 2.24) is 10.4 Å². The fourth-order valence-corrected chi connectivity index (χ4v) is 2.57. The first-order chi connectivity index (χ1) is 11.2. The molecule has 0 unspecified atom stereocenters. The van der Waals surface area contributed by atoms with Crippen LogP contribution in [0.5, 0.6) is 17.2 Å². The van der Waals surface area contributed by atoms with Crippen LogP contribution in [0.1, 0.15) is 23.2 Å². The number of carbonyl (C=O) groups is 1. The molecule has 1 aromatic carbocycles.